The fourth-order valence-corrected chi connectivity index (χ4v) is 4.20. The van der Waals surface area contributed by atoms with E-state index >= 15 is 0 Å². The molecule has 3 rings (SSSR count). The molecule has 1 heterocycles. The molecule has 0 radical (unpaired) electrons. The molecule has 0 bridgehead atoms. The Morgan fingerprint density at radius 1 is 1.25 bits per heavy atom. The van der Waals surface area contributed by atoms with Gasteiger partial charge in [0.25, 0.3) is 0 Å². The van der Waals surface area contributed by atoms with E-state index in [1.54, 1.807) is 7.11 Å². The molecule has 1 saturated carbocycles. The van der Waals surface area contributed by atoms with E-state index in [0.717, 1.165) is 24.2 Å². The Balaban J connectivity index is 1.73. The lowest BCUT2D eigenvalue weighted by atomic mass is 9.74. The fourth-order valence-electron chi connectivity index (χ4n) is 4.20. The molecule has 0 aromatic heterocycles. The summed E-state index contributed by atoms with van der Waals surface area (Å²) in [4.78, 5) is 13.8. The topological polar surface area (TPSA) is 71.8 Å². The first-order valence-electron chi connectivity index (χ1n) is 10.2. The van der Waals surface area contributed by atoms with Crippen molar-refractivity contribution in [2.75, 3.05) is 33.4 Å². The molecule has 0 atom stereocenters. The molecule has 1 aliphatic heterocycles. The van der Waals surface area contributed by atoms with Crippen molar-refractivity contribution in [2.45, 2.75) is 57.0 Å². The third kappa shape index (κ3) is 4.59. The molecule has 2 aliphatic rings. The second kappa shape index (κ2) is 9.29. The van der Waals surface area contributed by atoms with E-state index in [1.807, 2.05) is 25.1 Å². The molecule has 0 unspecified atom stereocenters. The molecule has 1 aromatic rings. The third-order valence-corrected chi connectivity index (χ3v) is 5.89. The first-order valence-corrected chi connectivity index (χ1v) is 10.2. The number of carbonyl (C=O) groups excluding carboxylic acids is 1. The second-order valence-electron chi connectivity index (χ2n) is 7.67. The van der Waals surface area contributed by atoms with Crippen LogP contribution in [0.3, 0.4) is 0 Å². The van der Waals surface area contributed by atoms with Crippen molar-refractivity contribution >= 4 is 5.97 Å². The fraction of sp³-hybridized carbons (Fsp3) is 0.636. The smallest absolute Gasteiger partial charge is 0.320 e. The summed E-state index contributed by atoms with van der Waals surface area (Å²) >= 11 is 0. The number of carbonyl (C=O) groups is 1. The van der Waals surface area contributed by atoms with Crippen LogP contribution in [-0.4, -0.2) is 50.3 Å². The minimum absolute atomic E-state index is 0.205. The van der Waals surface area contributed by atoms with Crippen molar-refractivity contribution in [3.63, 3.8) is 0 Å². The van der Waals surface area contributed by atoms with Crippen molar-refractivity contribution in [2.24, 2.45) is 0 Å². The quantitative estimate of drug-likeness (QED) is 0.669. The van der Waals surface area contributed by atoms with Gasteiger partial charge in [-0.3, -0.25) is 9.69 Å². The molecule has 152 valence electrons. The number of likely N-dealkylation sites (tertiary alicyclic amines) is 1. The molecule has 1 aromatic carbocycles. The van der Waals surface area contributed by atoms with Crippen LogP contribution in [-0.2, 0) is 14.9 Å². The van der Waals surface area contributed by atoms with Crippen LogP contribution in [0, 0.1) is 11.3 Å². The van der Waals surface area contributed by atoms with E-state index in [1.165, 1.54) is 12.8 Å². The van der Waals surface area contributed by atoms with Gasteiger partial charge in [0.05, 0.1) is 37.8 Å². The standard InChI is InChI=1S/C22H30N2O4/c1-3-27-21(25)15-24-12-10-22(16-23,11-13-24)17-8-9-19(26-2)20(14-17)28-18-6-4-5-7-18/h8-9,14,18H,3-7,10-13,15H2,1-2H3. The minimum Gasteiger partial charge on any atom is -0.493 e. The molecule has 6 heteroatoms. The monoisotopic (exact) mass is 386 g/mol. The van der Waals surface area contributed by atoms with Gasteiger partial charge < -0.3 is 14.2 Å². The van der Waals surface area contributed by atoms with Crippen LogP contribution in [0.15, 0.2) is 18.2 Å². The van der Waals surface area contributed by atoms with Crippen molar-refractivity contribution in [3.05, 3.63) is 23.8 Å². The highest BCUT2D eigenvalue weighted by Crippen LogP contribution is 2.40. The number of benzene rings is 1. The average molecular weight is 386 g/mol. The van der Waals surface area contributed by atoms with E-state index in [4.69, 9.17) is 14.2 Å². The highest BCUT2D eigenvalue weighted by atomic mass is 16.5. The Bertz CT molecular complexity index is 714. The van der Waals surface area contributed by atoms with Crippen LogP contribution < -0.4 is 9.47 Å². The van der Waals surface area contributed by atoms with Gasteiger partial charge >= 0.3 is 5.97 Å². The van der Waals surface area contributed by atoms with Crippen molar-refractivity contribution in [1.29, 1.82) is 5.26 Å². The van der Waals surface area contributed by atoms with Gasteiger partial charge in [-0.2, -0.15) is 5.26 Å². The molecule has 28 heavy (non-hydrogen) atoms. The lowest BCUT2D eigenvalue weighted by Gasteiger charge is -2.37. The maximum absolute atomic E-state index is 11.7. The summed E-state index contributed by atoms with van der Waals surface area (Å²) in [6.07, 6.45) is 6.12. The van der Waals surface area contributed by atoms with Crippen molar-refractivity contribution < 1.29 is 19.0 Å². The van der Waals surface area contributed by atoms with Gasteiger partial charge in [0, 0.05) is 13.1 Å². The van der Waals surface area contributed by atoms with E-state index in [9.17, 15) is 10.1 Å². The normalized spacial score (nSPS) is 19.8. The van der Waals surface area contributed by atoms with Crippen molar-refractivity contribution in [3.8, 4) is 17.6 Å². The summed E-state index contributed by atoms with van der Waals surface area (Å²) in [5.74, 6) is 1.24. The van der Waals surface area contributed by atoms with E-state index in [2.05, 4.69) is 11.0 Å². The Morgan fingerprint density at radius 2 is 1.96 bits per heavy atom. The molecule has 1 aliphatic carbocycles. The number of methoxy groups -OCH3 is 1. The van der Waals surface area contributed by atoms with Gasteiger partial charge in [0.1, 0.15) is 0 Å². The van der Waals surface area contributed by atoms with E-state index < -0.39 is 5.41 Å². The van der Waals surface area contributed by atoms with Crippen LogP contribution in [0.5, 0.6) is 11.5 Å². The van der Waals surface area contributed by atoms with Gasteiger partial charge in [-0.25, -0.2) is 0 Å². The molecule has 6 nitrogen and oxygen atoms in total. The zero-order chi connectivity index (χ0) is 20.0. The Labute approximate surface area is 167 Å². The van der Waals surface area contributed by atoms with Crippen LogP contribution in [0.4, 0.5) is 0 Å². The highest BCUT2D eigenvalue weighted by molar-refractivity contribution is 5.71. The number of nitriles is 1. The minimum atomic E-state index is -0.564. The number of hydrogen-bond acceptors (Lipinski definition) is 6. The van der Waals surface area contributed by atoms with Gasteiger partial charge in [-0.1, -0.05) is 6.07 Å². The Hall–Kier alpha value is -2.26. The molecular formula is C22H30N2O4. The molecular weight excluding hydrogens is 356 g/mol. The van der Waals surface area contributed by atoms with Crippen LogP contribution >= 0.6 is 0 Å². The number of rotatable bonds is 7. The first kappa shape index (κ1) is 20.5. The lowest BCUT2D eigenvalue weighted by Crippen LogP contribution is -2.44. The van der Waals surface area contributed by atoms with Crippen LogP contribution in [0.1, 0.15) is 51.0 Å². The lowest BCUT2D eigenvalue weighted by molar-refractivity contribution is -0.144. The second-order valence-corrected chi connectivity index (χ2v) is 7.67. The van der Waals surface area contributed by atoms with Crippen LogP contribution in [0.25, 0.3) is 0 Å². The van der Waals surface area contributed by atoms with E-state index in [-0.39, 0.29) is 18.6 Å². The summed E-state index contributed by atoms with van der Waals surface area (Å²) in [5, 5.41) is 10.0. The van der Waals surface area contributed by atoms with Gasteiger partial charge in [-0.05, 0) is 63.1 Å². The highest BCUT2D eigenvalue weighted by Gasteiger charge is 2.37. The number of hydrogen-bond donors (Lipinski definition) is 0. The average Bonchev–Trinajstić information content (AvgIpc) is 3.22. The number of nitrogens with zero attached hydrogens (tertiary/aromatic N) is 2. The summed E-state index contributed by atoms with van der Waals surface area (Å²) in [6, 6.07) is 8.42. The summed E-state index contributed by atoms with van der Waals surface area (Å²) in [6.45, 7) is 3.87. The molecule has 0 N–H and O–H groups in total. The number of piperidine rings is 1. The molecule has 0 amide bonds. The predicted octanol–water partition coefficient (Wildman–Crippen LogP) is 3.44. The van der Waals surface area contributed by atoms with Gasteiger partial charge in [0.2, 0.25) is 0 Å². The third-order valence-electron chi connectivity index (χ3n) is 5.89. The molecule has 0 spiro atoms. The summed E-state index contributed by atoms with van der Waals surface area (Å²) in [7, 11) is 1.64. The van der Waals surface area contributed by atoms with Crippen molar-refractivity contribution in [1.82, 2.24) is 4.90 Å². The SMILES string of the molecule is CCOC(=O)CN1CCC(C#N)(c2ccc(OC)c(OC3CCCC3)c2)CC1. The Morgan fingerprint density at radius 3 is 2.57 bits per heavy atom. The summed E-state index contributed by atoms with van der Waals surface area (Å²) in [5.41, 5.74) is 0.408. The Kier molecular flexibility index (Phi) is 6.79. The predicted molar refractivity (Wildman–Crippen MR) is 105 cm³/mol. The maximum Gasteiger partial charge on any atom is 0.320 e. The maximum atomic E-state index is 11.7. The summed E-state index contributed by atoms with van der Waals surface area (Å²) < 4.78 is 16.7. The molecule has 1 saturated heterocycles. The number of ether oxygens (including phenoxy) is 3. The van der Waals surface area contributed by atoms with Gasteiger partial charge in [0.15, 0.2) is 11.5 Å². The number of esters is 1. The zero-order valence-electron chi connectivity index (χ0n) is 16.9. The van der Waals surface area contributed by atoms with Crippen LogP contribution in [0.2, 0.25) is 0 Å². The van der Waals surface area contributed by atoms with Gasteiger partial charge in [-0.15, -0.1) is 0 Å². The van der Waals surface area contributed by atoms with E-state index in [0.29, 0.717) is 38.3 Å². The first-order chi connectivity index (χ1) is 13.6. The molecule has 2 fully saturated rings. The largest absolute Gasteiger partial charge is 0.493 e. The zero-order valence-corrected chi connectivity index (χ0v) is 16.9.